The molecule has 2 heterocycles. The smallest absolute Gasteiger partial charge is 0.216 e. The maximum Gasteiger partial charge on any atom is 0.216 e. The van der Waals surface area contributed by atoms with Crippen LogP contribution in [0.15, 0.2) is 76.9 Å². The topological polar surface area (TPSA) is 74.7 Å². The summed E-state index contributed by atoms with van der Waals surface area (Å²) in [7, 11) is 0. The second kappa shape index (κ2) is 8.16. The van der Waals surface area contributed by atoms with Crippen LogP contribution in [0.25, 0.3) is 28.9 Å². The molecule has 0 saturated carbocycles. The first-order valence-electron chi connectivity index (χ1n) is 8.46. The van der Waals surface area contributed by atoms with E-state index >= 15 is 0 Å². The summed E-state index contributed by atoms with van der Waals surface area (Å²) in [5.41, 5.74) is 3.48. The van der Waals surface area contributed by atoms with E-state index in [2.05, 4.69) is 25.5 Å². The summed E-state index contributed by atoms with van der Waals surface area (Å²) in [6.07, 6.45) is 3.34. The van der Waals surface area contributed by atoms with Crippen molar-refractivity contribution in [2.24, 2.45) is 5.10 Å². The molecule has 0 aliphatic rings. The number of allylic oxidation sites excluding steroid dienone is 1. The number of aromatic nitrogens is 5. The minimum Gasteiger partial charge on any atom is -0.274 e. The average Bonchev–Trinajstić information content (AvgIpc) is 3.35. The van der Waals surface area contributed by atoms with Gasteiger partial charge in [0.1, 0.15) is 5.69 Å². The number of nitrogens with zero attached hydrogens (tertiary/aromatic N) is 4. The summed E-state index contributed by atoms with van der Waals surface area (Å²) in [6.45, 7) is 0. The van der Waals surface area contributed by atoms with Crippen molar-refractivity contribution in [1.82, 2.24) is 25.1 Å². The molecule has 4 aromatic rings. The van der Waals surface area contributed by atoms with Gasteiger partial charge in [0.15, 0.2) is 0 Å². The normalized spacial score (nSPS) is 12.0. The Morgan fingerprint density at radius 2 is 1.71 bits per heavy atom. The summed E-state index contributed by atoms with van der Waals surface area (Å²) < 4.78 is 1.85. The third-order valence-corrected chi connectivity index (χ3v) is 4.41. The van der Waals surface area contributed by atoms with E-state index in [4.69, 9.17) is 23.8 Å². The minimum atomic E-state index is 0.353. The Balaban J connectivity index is 1.63. The fourth-order valence-corrected chi connectivity index (χ4v) is 2.97. The third-order valence-electron chi connectivity index (χ3n) is 3.94. The van der Waals surface area contributed by atoms with Crippen molar-refractivity contribution in [3.05, 3.63) is 82.1 Å². The van der Waals surface area contributed by atoms with E-state index < -0.39 is 0 Å². The second-order valence-corrected chi connectivity index (χ2v) is 6.70. The van der Waals surface area contributed by atoms with Crippen LogP contribution in [0.5, 0.6) is 0 Å². The van der Waals surface area contributed by atoms with Crippen molar-refractivity contribution >= 4 is 36.1 Å². The first kappa shape index (κ1) is 18.1. The van der Waals surface area contributed by atoms with E-state index in [0.29, 0.717) is 21.3 Å². The van der Waals surface area contributed by atoms with Crippen LogP contribution >= 0.6 is 23.8 Å². The number of rotatable bonds is 5. The van der Waals surface area contributed by atoms with Crippen LogP contribution in [0.2, 0.25) is 0 Å². The van der Waals surface area contributed by atoms with Gasteiger partial charge in [0, 0.05) is 5.56 Å². The number of hydrogen-bond acceptors (Lipinski definition) is 4. The van der Waals surface area contributed by atoms with Crippen LogP contribution in [-0.2, 0) is 0 Å². The monoisotopic (exact) mass is 406 g/mol. The van der Waals surface area contributed by atoms with Crippen LogP contribution in [-0.4, -0.2) is 31.3 Å². The highest BCUT2D eigenvalue weighted by Gasteiger charge is 2.12. The molecule has 0 fully saturated rings. The molecule has 0 atom stereocenters. The highest BCUT2D eigenvalue weighted by molar-refractivity contribution is 7.71. The lowest BCUT2D eigenvalue weighted by atomic mass is 10.1. The van der Waals surface area contributed by atoms with E-state index in [-0.39, 0.29) is 0 Å². The molecule has 0 unspecified atom stereocenters. The standard InChI is InChI=1S/C20H15ClN6S/c21-16(11-14-7-3-1-4-8-14)13-22-27-19(25-26-20(27)28)18-12-17(23-24-18)15-9-5-2-6-10-15/h1-13H,(H,23,24)(H,26,28)/b16-11-,22-13-. The highest BCUT2D eigenvalue weighted by atomic mass is 35.5. The van der Waals surface area contributed by atoms with Gasteiger partial charge in [-0.3, -0.25) is 5.10 Å². The van der Waals surface area contributed by atoms with Gasteiger partial charge in [-0.2, -0.15) is 20.0 Å². The van der Waals surface area contributed by atoms with E-state index in [9.17, 15) is 0 Å². The zero-order valence-corrected chi connectivity index (χ0v) is 16.2. The van der Waals surface area contributed by atoms with Crippen molar-refractivity contribution in [2.45, 2.75) is 0 Å². The summed E-state index contributed by atoms with van der Waals surface area (Å²) in [5, 5.41) is 19.2. The molecule has 2 N–H and O–H groups in total. The van der Waals surface area contributed by atoms with Gasteiger partial charge >= 0.3 is 0 Å². The lowest BCUT2D eigenvalue weighted by molar-refractivity contribution is 0.866. The molecule has 0 aliphatic heterocycles. The largest absolute Gasteiger partial charge is 0.274 e. The molecule has 0 bridgehead atoms. The molecule has 6 nitrogen and oxygen atoms in total. The number of halogens is 1. The minimum absolute atomic E-state index is 0.353. The van der Waals surface area contributed by atoms with Crippen molar-refractivity contribution in [1.29, 1.82) is 0 Å². The lowest BCUT2D eigenvalue weighted by Crippen LogP contribution is -1.94. The summed E-state index contributed by atoms with van der Waals surface area (Å²) in [6, 6.07) is 21.5. The fourth-order valence-electron chi connectivity index (χ4n) is 2.62. The molecule has 2 aromatic heterocycles. The second-order valence-electron chi connectivity index (χ2n) is 5.88. The molecule has 2 aromatic carbocycles. The van der Waals surface area contributed by atoms with Gasteiger partial charge in [-0.15, -0.1) is 0 Å². The van der Waals surface area contributed by atoms with Crippen molar-refractivity contribution < 1.29 is 0 Å². The summed E-state index contributed by atoms with van der Waals surface area (Å²) >= 11 is 11.6. The Morgan fingerprint density at radius 1 is 1.00 bits per heavy atom. The lowest BCUT2D eigenvalue weighted by Gasteiger charge is -1.97. The summed E-state index contributed by atoms with van der Waals surface area (Å²) in [4.78, 5) is 0. The van der Waals surface area contributed by atoms with Gasteiger partial charge in [0.25, 0.3) is 0 Å². The summed E-state index contributed by atoms with van der Waals surface area (Å²) in [5.74, 6) is 0.514. The number of nitrogens with one attached hydrogen (secondary N) is 2. The molecule has 0 spiro atoms. The van der Waals surface area contributed by atoms with E-state index in [0.717, 1.165) is 16.8 Å². The molecule has 4 rings (SSSR count). The van der Waals surface area contributed by atoms with Crippen LogP contribution < -0.4 is 0 Å². The quantitative estimate of drug-likeness (QED) is 0.357. The van der Waals surface area contributed by atoms with Gasteiger partial charge in [-0.1, -0.05) is 72.3 Å². The van der Waals surface area contributed by atoms with Crippen molar-refractivity contribution in [2.75, 3.05) is 0 Å². The first-order valence-corrected chi connectivity index (χ1v) is 9.24. The van der Waals surface area contributed by atoms with Crippen molar-refractivity contribution in [3.8, 4) is 22.8 Å². The molecule has 0 amide bonds. The van der Waals surface area contributed by atoms with Crippen LogP contribution in [0, 0.1) is 4.77 Å². The Bertz CT molecular complexity index is 1190. The molecule has 0 radical (unpaired) electrons. The number of aromatic amines is 2. The Hall–Kier alpha value is -3.29. The molecule has 138 valence electrons. The Kier molecular flexibility index (Phi) is 5.27. The molecular weight excluding hydrogens is 392 g/mol. The van der Waals surface area contributed by atoms with Gasteiger partial charge in [0.2, 0.25) is 10.6 Å². The number of H-pyrrole nitrogens is 2. The molecule has 28 heavy (non-hydrogen) atoms. The zero-order valence-electron chi connectivity index (χ0n) is 14.6. The van der Waals surface area contributed by atoms with Crippen LogP contribution in [0.4, 0.5) is 0 Å². The maximum absolute atomic E-state index is 6.28. The van der Waals surface area contributed by atoms with Crippen LogP contribution in [0.1, 0.15) is 5.56 Å². The Morgan fingerprint density at radius 3 is 2.46 bits per heavy atom. The third kappa shape index (κ3) is 4.00. The average molecular weight is 407 g/mol. The number of benzene rings is 2. The predicted molar refractivity (Wildman–Crippen MR) is 115 cm³/mol. The fraction of sp³-hybridized carbons (Fsp3) is 0. The number of hydrogen-bond donors (Lipinski definition) is 2. The van der Waals surface area contributed by atoms with E-state index in [1.807, 2.05) is 72.8 Å². The van der Waals surface area contributed by atoms with Gasteiger partial charge < -0.3 is 0 Å². The Labute approximate surface area is 171 Å². The van der Waals surface area contributed by atoms with Gasteiger partial charge in [-0.25, -0.2) is 5.10 Å². The zero-order chi connectivity index (χ0) is 19.3. The van der Waals surface area contributed by atoms with Gasteiger partial charge in [-0.05, 0) is 29.9 Å². The van der Waals surface area contributed by atoms with Crippen LogP contribution in [0.3, 0.4) is 0 Å². The van der Waals surface area contributed by atoms with E-state index in [1.54, 1.807) is 0 Å². The van der Waals surface area contributed by atoms with E-state index in [1.165, 1.54) is 10.9 Å². The first-order chi connectivity index (χ1) is 13.7. The molecular formula is C20H15ClN6S. The van der Waals surface area contributed by atoms with Gasteiger partial charge in [0.05, 0.1) is 16.9 Å². The molecule has 0 aliphatic carbocycles. The highest BCUT2D eigenvalue weighted by Crippen LogP contribution is 2.22. The SMILES string of the molecule is S=c1[nH]nc(-c2cc(-c3ccccc3)n[nH]2)n1/N=C\C(Cl)=C\c1ccccc1. The van der Waals surface area contributed by atoms with Crippen molar-refractivity contribution in [3.63, 3.8) is 0 Å². The molecule has 0 saturated heterocycles. The predicted octanol–water partition coefficient (Wildman–Crippen LogP) is 5.11. The maximum atomic E-state index is 6.28. The molecule has 8 heteroatoms.